The number of phenolic OH excluding ortho intramolecular Hbond substituents is 2. The van der Waals surface area contributed by atoms with Crippen molar-refractivity contribution in [2.75, 3.05) is 0 Å². The number of aromatic hydroxyl groups is 2. The molecule has 2 N–H and O–H groups in total. The molecule has 0 spiro atoms. The normalized spacial score (nSPS) is 10.8. The van der Waals surface area contributed by atoms with Crippen LogP contribution in [0.15, 0.2) is 58.3 Å². The van der Waals surface area contributed by atoms with Crippen LogP contribution in [0.4, 0.5) is 0 Å². The Labute approximate surface area is 155 Å². The molecule has 2 aromatic rings. The Kier molecular flexibility index (Phi) is 7.40. The quantitative estimate of drug-likeness (QED) is 0.377. The number of hydrogen-bond donors (Lipinski definition) is 2. The SMILES string of the molecule is CCC(=O)CC(=O)CC(Sc1ccc(O)cc1)Sc1ccc(O)cc1. The maximum Gasteiger partial charge on any atom is 0.142 e. The van der Waals surface area contributed by atoms with Gasteiger partial charge in [-0.3, -0.25) is 9.59 Å². The van der Waals surface area contributed by atoms with Crippen LogP contribution >= 0.6 is 23.5 Å². The van der Waals surface area contributed by atoms with Crippen LogP contribution in [0, 0.1) is 0 Å². The van der Waals surface area contributed by atoms with Crippen LogP contribution in [0.25, 0.3) is 0 Å². The van der Waals surface area contributed by atoms with Gasteiger partial charge in [0, 0.05) is 22.6 Å². The van der Waals surface area contributed by atoms with Crippen molar-refractivity contribution in [2.24, 2.45) is 0 Å². The van der Waals surface area contributed by atoms with Gasteiger partial charge in [-0.25, -0.2) is 0 Å². The summed E-state index contributed by atoms with van der Waals surface area (Å²) in [6.07, 6.45) is 0.606. The fourth-order valence-corrected chi connectivity index (χ4v) is 4.65. The molecule has 0 unspecified atom stereocenters. The summed E-state index contributed by atoms with van der Waals surface area (Å²) in [6.45, 7) is 1.75. The predicted molar refractivity (Wildman–Crippen MR) is 101 cm³/mol. The average Bonchev–Trinajstić information content (AvgIpc) is 2.58. The van der Waals surface area contributed by atoms with Crippen LogP contribution in [0.1, 0.15) is 26.2 Å². The van der Waals surface area contributed by atoms with E-state index >= 15 is 0 Å². The zero-order valence-electron chi connectivity index (χ0n) is 13.8. The van der Waals surface area contributed by atoms with Crippen molar-refractivity contribution in [3.8, 4) is 11.5 Å². The van der Waals surface area contributed by atoms with E-state index < -0.39 is 0 Å². The Hall–Kier alpha value is -1.92. The lowest BCUT2D eigenvalue weighted by Crippen LogP contribution is -2.12. The van der Waals surface area contributed by atoms with Crippen molar-refractivity contribution in [3.05, 3.63) is 48.5 Å². The Morgan fingerprint density at radius 3 is 1.68 bits per heavy atom. The summed E-state index contributed by atoms with van der Waals surface area (Å²) in [6, 6.07) is 13.6. The molecule has 0 heterocycles. The summed E-state index contributed by atoms with van der Waals surface area (Å²) in [5.74, 6) is 0.260. The van der Waals surface area contributed by atoms with Gasteiger partial charge in [-0.2, -0.15) is 0 Å². The molecule has 6 heteroatoms. The fourth-order valence-electron chi connectivity index (χ4n) is 2.06. The molecule has 0 atom stereocenters. The summed E-state index contributed by atoms with van der Waals surface area (Å²) in [5.41, 5.74) is 0. The monoisotopic (exact) mass is 376 g/mol. The maximum absolute atomic E-state index is 12.2. The van der Waals surface area contributed by atoms with Crippen molar-refractivity contribution in [2.45, 2.75) is 40.6 Å². The van der Waals surface area contributed by atoms with Gasteiger partial charge >= 0.3 is 0 Å². The van der Waals surface area contributed by atoms with E-state index in [-0.39, 0.29) is 40.5 Å². The third-order valence-electron chi connectivity index (χ3n) is 3.39. The van der Waals surface area contributed by atoms with Crippen molar-refractivity contribution < 1.29 is 19.8 Å². The summed E-state index contributed by atoms with van der Waals surface area (Å²) < 4.78 is -0.105. The molecule has 25 heavy (non-hydrogen) atoms. The van der Waals surface area contributed by atoms with E-state index in [4.69, 9.17) is 0 Å². The molecule has 2 rings (SSSR count). The van der Waals surface area contributed by atoms with Crippen molar-refractivity contribution in [1.82, 2.24) is 0 Å². The largest absolute Gasteiger partial charge is 0.508 e. The van der Waals surface area contributed by atoms with E-state index in [2.05, 4.69) is 0 Å². The number of carbonyl (C=O) groups is 2. The standard InChI is InChI=1S/C19H20O4S2/c1-2-13(20)11-16(23)12-19(24-17-7-3-14(21)4-8-17)25-18-9-5-15(22)6-10-18/h3-10,19,21-22H,2,11-12H2,1H3. The second kappa shape index (κ2) is 9.53. The van der Waals surface area contributed by atoms with Crippen LogP contribution in [0.3, 0.4) is 0 Å². The van der Waals surface area contributed by atoms with Crippen LogP contribution in [-0.2, 0) is 9.59 Å². The van der Waals surface area contributed by atoms with Crippen LogP contribution < -0.4 is 0 Å². The first kappa shape index (κ1) is 19.4. The minimum absolute atomic E-state index is 0.0285. The fraction of sp³-hybridized carbons (Fsp3) is 0.263. The Bertz CT molecular complexity index is 664. The molecular formula is C19H20O4S2. The van der Waals surface area contributed by atoms with Gasteiger partial charge < -0.3 is 10.2 Å². The molecule has 0 fully saturated rings. The number of rotatable bonds is 9. The summed E-state index contributed by atoms with van der Waals surface area (Å²) in [4.78, 5) is 25.6. The van der Waals surface area contributed by atoms with E-state index in [0.717, 1.165) is 9.79 Å². The van der Waals surface area contributed by atoms with E-state index in [1.807, 2.05) is 0 Å². The van der Waals surface area contributed by atoms with Crippen LogP contribution in [-0.4, -0.2) is 26.4 Å². The Balaban J connectivity index is 2.09. The van der Waals surface area contributed by atoms with E-state index in [9.17, 15) is 19.8 Å². The van der Waals surface area contributed by atoms with Gasteiger partial charge in [-0.05, 0) is 48.5 Å². The molecule has 0 radical (unpaired) electrons. The first-order valence-electron chi connectivity index (χ1n) is 7.91. The van der Waals surface area contributed by atoms with Gasteiger partial charge in [0.05, 0.1) is 11.0 Å². The second-order valence-corrected chi connectivity index (χ2v) is 8.32. The summed E-state index contributed by atoms with van der Waals surface area (Å²) >= 11 is 3.03. The molecule has 0 amide bonds. The molecule has 2 aromatic carbocycles. The highest BCUT2D eigenvalue weighted by Crippen LogP contribution is 2.38. The highest BCUT2D eigenvalue weighted by atomic mass is 32.2. The molecule has 0 aromatic heterocycles. The number of ketones is 2. The highest BCUT2D eigenvalue weighted by Gasteiger charge is 2.18. The molecule has 0 bridgehead atoms. The van der Waals surface area contributed by atoms with Gasteiger partial charge in [0.15, 0.2) is 0 Å². The number of benzene rings is 2. The van der Waals surface area contributed by atoms with Gasteiger partial charge in [0.1, 0.15) is 23.1 Å². The molecule has 0 aliphatic rings. The number of hydrogen-bond acceptors (Lipinski definition) is 6. The van der Waals surface area contributed by atoms with Crippen LogP contribution in [0.2, 0.25) is 0 Å². The zero-order valence-corrected chi connectivity index (χ0v) is 15.5. The van der Waals surface area contributed by atoms with Gasteiger partial charge in [-0.1, -0.05) is 6.92 Å². The number of thioether (sulfide) groups is 2. The van der Waals surface area contributed by atoms with E-state index in [1.165, 1.54) is 23.5 Å². The number of Topliss-reactive ketones (excluding diaryl/α,β-unsaturated/α-hetero) is 2. The lowest BCUT2D eigenvalue weighted by molar-refractivity contribution is -0.126. The zero-order chi connectivity index (χ0) is 18.2. The average molecular weight is 376 g/mol. The van der Waals surface area contributed by atoms with E-state index in [1.54, 1.807) is 55.5 Å². The second-order valence-electron chi connectivity index (χ2n) is 5.46. The predicted octanol–water partition coefficient (Wildman–Crippen LogP) is 4.64. The van der Waals surface area contributed by atoms with Gasteiger partial charge in [0.2, 0.25) is 0 Å². The van der Waals surface area contributed by atoms with Gasteiger partial charge in [-0.15, -0.1) is 23.5 Å². The molecule has 0 aliphatic heterocycles. The lowest BCUT2D eigenvalue weighted by Gasteiger charge is -2.16. The molecule has 132 valence electrons. The third kappa shape index (κ3) is 6.84. The smallest absolute Gasteiger partial charge is 0.142 e. The first-order chi connectivity index (χ1) is 12.0. The number of phenols is 2. The van der Waals surface area contributed by atoms with Crippen molar-refractivity contribution in [3.63, 3.8) is 0 Å². The lowest BCUT2D eigenvalue weighted by atomic mass is 10.1. The maximum atomic E-state index is 12.2. The number of carbonyl (C=O) groups excluding carboxylic acids is 2. The molecule has 0 saturated heterocycles. The van der Waals surface area contributed by atoms with Gasteiger partial charge in [0.25, 0.3) is 0 Å². The molecule has 0 aliphatic carbocycles. The minimum atomic E-state index is -0.105. The van der Waals surface area contributed by atoms with E-state index in [0.29, 0.717) is 6.42 Å². The van der Waals surface area contributed by atoms with Crippen molar-refractivity contribution in [1.29, 1.82) is 0 Å². The highest BCUT2D eigenvalue weighted by molar-refractivity contribution is 8.17. The minimum Gasteiger partial charge on any atom is -0.508 e. The van der Waals surface area contributed by atoms with Crippen LogP contribution in [0.5, 0.6) is 11.5 Å². The first-order valence-corrected chi connectivity index (χ1v) is 9.67. The third-order valence-corrected chi connectivity index (χ3v) is 5.92. The topological polar surface area (TPSA) is 74.6 Å². The Morgan fingerprint density at radius 2 is 1.28 bits per heavy atom. The molecule has 0 saturated carbocycles. The molecule has 4 nitrogen and oxygen atoms in total. The summed E-state index contributed by atoms with van der Waals surface area (Å²) in [7, 11) is 0. The summed E-state index contributed by atoms with van der Waals surface area (Å²) in [5, 5.41) is 18.8. The Morgan fingerprint density at radius 1 is 0.840 bits per heavy atom. The molecular weight excluding hydrogens is 356 g/mol. The van der Waals surface area contributed by atoms with Crippen molar-refractivity contribution >= 4 is 35.1 Å².